The quantitative estimate of drug-likeness (QED) is 0.175. The van der Waals surface area contributed by atoms with Gasteiger partial charge in [0.15, 0.2) is 17.5 Å². The fourth-order valence-corrected chi connectivity index (χ4v) is 10.4. The molecule has 3 heterocycles. The summed E-state index contributed by atoms with van der Waals surface area (Å²) >= 11 is 1.58. The first-order chi connectivity index (χ1) is 31.1. The molecule has 0 amide bonds. The van der Waals surface area contributed by atoms with Gasteiger partial charge in [0.2, 0.25) is 0 Å². The first kappa shape index (κ1) is 29.1. The summed E-state index contributed by atoms with van der Waals surface area (Å²) in [7, 11) is 0. The highest BCUT2D eigenvalue weighted by atomic mass is 32.1. The summed E-state index contributed by atoms with van der Waals surface area (Å²) in [4.78, 5) is 16.0. The van der Waals surface area contributed by atoms with Gasteiger partial charge in [0, 0.05) is 58.7 Å². The molecule has 59 heavy (non-hydrogen) atoms. The van der Waals surface area contributed by atoms with Crippen molar-refractivity contribution in [2.75, 3.05) is 0 Å². The predicted molar refractivity (Wildman–Crippen MR) is 246 cm³/mol. The number of rotatable bonds is 5. The monoisotopic (exact) mass is 777 g/mol. The lowest BCUT2D eigenvalue weighted by molar-refractivity contribution is 0.660. The Hall–Kier alpha value is -7.21. The van der Waals surface area contributed by atoms with Crippen LogP contribution in [0.25, 0.3) is 104 Å². The third-order valence-electron chi connectivity index (χ3n) is 11.9. The molecule has 0 saturated carbocycles. The molecule has 1 aliphatic carbocycles. The lowest BCUT2D eigenvalue weighted by Crippen LogP contribution is -2.14. The van der Waals surface area contributed by atoms with Gasteiger partial charge in [-0.2, -0.15) is 0 Å². The van der Waals surface area contributed by atoms with Gasteiger partial charge in [-0.25, -0.2) is 15.0 Å². The first-order valence-corrected chi connectivity index (χ1v) is 20.5. The predicted octanol–water partition coefficient (Wildman–Crippen LogP) is 14.3. The minimum Gasteiger partial charge on any atom is -0.309 e. The molecule has 0 unspecified atom stereocenters. The van der Waals surface area contributed by atoms with Crippen molar-refractivity contribution < 1.29 is 6.85 Å². The number of para-hydroxylation sites is 2. The highest BCUT2D eigenvalue weighted by Gasteiger charge is 2.37. The molecule has 0 bridgehead atoms. The molecule has 0 spiro atoms. The summed E-state index contributed by atoms with van der Waals surface area (Å²) in [5, 5.41) is 4.25. The minimum absolute atomic E-state index is 0.173. The van der Waals surface area contributed by atoms with Gasteiger partial charge in [-0.15, -0.1) is 11.3 Å². The maximum atomic E-state index is 8.77. The molecule has 0 atom stereocenters. The van der Waals surface area contributed by atoms with Gasteiger partial charge in [0.05, 0.1) is 17.9 Å². The van der Waals surface area contributed by atoms with E-state index in [2.05, 4.69) is 122 Å². The van der Waals surface area contributed by atoms with Crippen LogP contribution in [0.15, 0.2) is 182 Å². The van der Waals surface area contributed by atoms with Gasteiger partial charge in [0.25, 0.3) is 0 Å². The molecule has 0 N–H and O–H groups in total. The van der Waals surface area contributed by atoms with E-state index in [0.29, 0.717) is 23.0 Å². The molecule has 1 aliphatic rings. The lowest BCUT2D eigenvalue weighted by atomic mass is 9.82. The second kappa shape index (κ2) is 12.9. The van der Waals surface area contributed by atoms with Crippen LogP contribution in [-0.4, -0.2) is 19.5 Å². The molecule has 12 rings (SSSR count). The topological polar surface area (TPSA) is 43.6 Å². The van der Waals surface area contributed by atoms with E-state index in [0.717, 1.165) is 69.9 Å². The van der Waals surface area contributed by atoms with Crippen LogP contribution in [0.1, 0.15) is 31.8 Å². The molecule has 0 aliphatic heterocycles. The van der Waals surface area contributed by atoms with E-state index >= 15 is 0 Å². The molecule has 8 aromatic carbocycles. The molecule has 0 fully saturated rings. The van der Waals surface area contributed by atoms with Crippen molar-refractivity contribution in [3.8, 4) is 62.1 Å². The van der Waals surface area contributed by atoms with Crippen molar-refractivity contribution in [1.29, 1.82) is 0 Å². The van der Waals surface area contributed by atoms with Gasteiger partial charge in [-0.3, -0.25) is 0 Å². The van der Waals surface area contributed by atoms with Crippen LogP contribution in [0.3, 0.4) is 0 Å². The Bertz CT molecular complexity index is 3700. The zero-order chi connectivity index (χ0) is 43.6. The van der Waals surface area contributed by atoms with E-state index in [1.165, 1.54) is 16.7 Å². The SMILES string of the molecule is [2H]c1c([2H])c([2H])c(-c2ccc3c(c2)sc2c(-c4nc(-c5ccccc5)nc(-c5cccc6c5-c5ccccc5C6(C)C)n4)cc(-n4c5ccccc5c5ccccc54)cc23)c([2H])c1[2H]. The molecule has 0 saturated heterocycles. The van der Waals surface area contributed by atoms with Gasteiger partial charge in [-0.05, 0) is 63.7 Å². The zero-order valence-electron chi connectivity index (χ0n) is 37.1. The average molecular weight is 778 g/mol. The molecular formula is C54H36N4S. The first-order valence-electron chi connectivity index (χ1n) is 22.2. The summed E-state index contributed by atoms with van der Waals surface area (Å²) in [5.41, 5.74) is 11.0. The summed E-state index contributed by atoms with van der Waals surface area (Å²) in [6.07, 6.45) is 0. The van der Waals surface area contributed by atoms with Crippen molar-refractivity contribution in [3.63, 3.8) is 0 Å². The van der Waals surface area contributed by atoms with Crippen molar-refractivity contribution >= 4 is 53.3 Å². The van der Waals surface area contributed by atoms with Crippen molar-refractivity contribution in [3.05, 3.63) is 193 Å². The number of hydrogen-bond acceptors (Lipinski definition) is 4. The maximum Gasteiger partial charge on any atom is 0.165 e. The Morgan fingerprint density at radius 2 is 1.14 bits per heavy atom. The van der Waals surface area contributed by atoms with E-state index in [1.807, 2.05) is 48.5 Å². The Kier molecular flexibility index (Phi) is 6.36. The number of nitrogens with zero attached hydrogens (tertiary/aromatic N) is 4. The van der Waals surface area contributed by atoms with Crippen molar-refractivity contribution in [2.45, 2.75) is 19.3 Å². The molecule has 5 heteroatoms. The van der Waals surface area contributed by atoms with Crippen LogP contribution in [0, 0.1) is 0 Å². The zero-order valence-corrected chi connectivity index (χ0v) is 32.9. The second-order valence-electron chi connectivity index (χ2n) is 15.6. The standard InChI is InChI=1S/C54H36N4S/c1-54(2)44-24-12-9-22-40(44)49-41(23-15-25-45(49)54)52-55-51(34-18-7-4-8-19-34)56-53(57-52)43-32-36(58-46-26-13-10-20-37(46)38-21-11-14-27-47(38)58)31-42-39-29-28-35(30-48(39)59-50(42)43)33-16-5-3-6-17-33/h3-32H,1-2H3/i3D,5D,6D,16D,17D. The third-order valence-corrected chi connectivity index (χ3v) is 13.1. The average Bonchev–Trinajstić information content (AvgIpc) is 3.95. The molecule has 11 aromatic rings. The van der Waals surface area contributed by atoms with Crippen LogP contribution in [0.5, 0.6) is 0 Å². The number of fused-ring (bicyclic) bond motifs is 9. The number of benzene rings is 8. The van der Waals surface area contributed by atoms with E-state index in [4.69, 9.17) is 21.8 Å². The van der Waals surface area contributed by atoms with Gasteiger partial charge in [-0.1, -0.05) is 165 Å². The molecular weight excluding hydrogens is 737 g/mol. The van der Waals surface area contributed by atoms with Crippen LogP contribution in [0.4, 0.5) is 0 Å². The van der Waals surface area contributed by atoms with Crippen LogP contribution >= 0.6 is 11.3 Å². The van der Waals surface area contributed by atoms with E-state index < -0.39 is 6.04 Å². The Morgan fingerprint density at radius 3 is 1.92 bits per heavy atom. The van der Waals surface area contributed by atoms with E-state index in [9.17, 15) is 0 Å². The number of thiophene rings is 1. The fraction of sp³-hybridized carbons (Fsp3) is 0.0556. The molecule has 4 nitrogen and oxygen atoms in total. The Labute approximate surface area is 352 Å². The lowest BCUT2D eigenvalue weighted by Gasteiger charge is -2.21. The fourth-order valence-electron chi connectivity index (χ4n) is 9.18. The van der Waals surface area contributed by atoms with Gasteiger partial charge in [0.1, 0.15) is 0 Å². The second-order valence-corrected chi connectivity index (χ2v) is 16.7. The van der Waals surface area contributed by atoms with Crippen LogP contribution in [-0.2, 0) is 5.41 Å². The van der Waals surface area contributed by atoms with Crippen molar-refractivity contribution in [1.82, 2.24) is 19.5 Å². The third kappa shape index (κ3) is 5.18. The molecule has 3 aromatic heterocycles. The molecule has 0 radical (unpaired) electrons. The smallest absolute Gasteiger partial charge is 0.165 e. The summed E-state index contributed by atoms with van der Waals surface area (Å²) in [5.74, 6) is 1.66. The van der Waals surface area contributed by atoms with Crippen LogP contribution < -0.4 is 0 Å². The number of aromatic nitrogens is 4. The maximum absolute atomic E-state index is 8.77. The Balaban J connectivity index is 1.17. The Morgan fingerprint density at radius 1 is 0.492 bits per heavy atom. The minimum atomic E-state index is -0.413. The van der Waals surface area contributed by atoms with Crippen molar-refractivity contribution in [2.24, 2.45) is 0 Å². The summed E-state index contributed by atoms with van der Waals surface area (Å²) in [6.45, 7) is 4.55. The molecule has 278 valence electrons. The normalized spacial score (nSPS) is 14.2. The highest BCUT2D eigenvalue weighted by Crippen LogP contribution is 2.52. The highest BCUT2D eigenvalue weighted by molar-refractivity contribution is 7.26. The van der Waals surface area contributed by atoms with E-state index in [-0.39, 0.29) is 35.1 Å². The largest absolute Gasteiger partial charge is 0.309 e. The summed E-state index contributed by atoms with van der Waals surface area (Å²) in [6, 6.07) is 50.6. The number of hydrogen-bond donors (Lipinski definition) is 0. The summed E-state index contributed by atoms with van der Waals surface area (Å²) < 4.78 is 46.7. The van der Waals surface area contributed by atoms with Gasteiger partial charge >= 0.3 is 0 Å². The van der Waals surface area contributed by atoms with Gasteiger partial charge < -0.3 is 4.57 Å². The van der Waals surface area contributed by atoms with Crippen LogP contribution in [0.2, 0.25) is 0 Å². The van der Waals surface area contributed by atoms with E-state index in [1.54, 1.807) is 11.3 Å².